The van der Waals surface area contributed by atoms with Crippen LogP contribution < -0.4 is 5.32 Å². The summed E-state index contributed by atoms with van der Waals surface area (Å²) in [5.41, 5.74) is 0.672. The van der Waals surface area contributed by atoms with Gasteiger partial charge in [-0.25, -0.2) is 4.39 Å². The van der Waals surface area contributed by atoms with Crippen LogP contribution in [0.15, 0.2) is 51.6 Å². The highest BCUT2D eigenvalue weighted by atomic mass is 32.2. The highest BCUT2D eigenvalue weighted by molar-refractivity contribution is 7.99. The van der Waals surface area contributed by atoms with Crippen molar-refractivity contribution in [2.24, 2.45) is 0 Å². The molecule has 0 fully saturated rings. The van der Waals surface area contributed by atoms with Crippen LogP contribution in [0, 0.1) is 5.82 Å². The van der Waals surface area contributed by atoms with Crippen LogP contribution in [-0.4, -0.2) is 21.3 Å². The average molecular weight is 361 g/mol. The number of nitrogens with zero attached hydrogens (tertiary/aromatic N) is 2. The van der Waals surface area contributed by atoms with E-state index in [2.05, 4.69) is 15.5 Å². The Morgan fingerprint density at radius 2 is 2.12 bits per heavy atom. The number of aromatic nitrogens is 2. The van der Waals surface area contributed by atoms with Gasteiger partial charge in [-0.3, -0.25) is 4.79 Å². The number of furan rings is 1. The Hall–Kier alpha value is -2.61. The molecule has 0 aliphatic heterocycles. The maximum atomic E-state index is 12.9. The molecule has 8 heteroatoms. The molecular weight excluding hydrogens is 345 g/mol. The van der Waals surface area contributed by atoms with Gasteiger partial charge in [-0.1, -0.05) is 5.16 Å². The number of rotatable bonds is 7. The minimum absolute atomic E-state index is 0.0975. The molecule has 1 aromatic carbocycles. The molecule has 3 rings (SSSR count). The van der Waals surface area contributed by atoms with Gasteiger partial charge in [-0.15, -0.1) is 11.8 Å². The van der Waals surface area contributed by atoms with Crippen LogP contribution in [0.25, 0.3) is 11.4 Å². The van der Waals surface area contributed by atoms with Crippen molar-refractivity contribution in [2.45, 2.75) is 24.5 Å². The molecule has 0 aliphatic carbocycles. The molecule has 1 unspecified atom stereocenters. The quantitative estimate of drug-likeness (QED) is 0.695. The molecule has 1 atom stereocenters. The third-order valence-corrected chi connectivity index (χ3v) is 4.54. The van der Waals surface area contributed by atoms with Crippen LogP contribution in [0.4, 0.5) is 4.39 Å². The van der Waals surface area contributed by atoms with Crippen molar-refractivity contribution in [3.63, 3.8) is 0 Å². The molecule has 1 amide bonds. The predicted octanol–water partition coefficient (Wildman–Crippen LogP) is 3.41. The zero-order chi connectivity index (χ0) is 17.6. The van der Waals surface area contributed by atoms with Gasteiger partial charge in [-0.2, -0.15) is 4.98 Å². The fourth-order valence-electron chi connectivity index (χ4n) is 2.03. The molecule has 0 saturated carbocycles. The maximum Gasteiger partial charge on any atom is 0.236 e. The SMILES string of the molecule is CC(SCc1nc(-c2ccc(F)cc2)no1)C(=O)NCc1ccco1. The first-order chi connectivity index (χ1) is 12.1. The zero-order valence-electron chi connectivity index (χ0n) is 13.4. The normalized spacial score (nSPS) is 12.1. The summed E-state index contributed by atoms with van der Waals surface area (Å²) in [4.78, 5) is 16.3. The highest BCUT2D eigenvalue weighted by Gasteiger charge is 2.16. The van der Waals surface area contributed by atoms with E-state index in [1.165, 1.54) is 23.9 Å². The Bertz CT molecular complexity index is 818. The molecule has 3 aromatic rings. The first-order valence-corrected chi connectivity index (χ1v) is 8.67. The second-order valence-electron chi connectivity index (χ2n) is 5.27. The van der Waals surface area contributed by atoms with Crippen molar-refractivity contribution >= 4 is 17.7 Å². The standard InChI is InChI=1S/C17H16FN3O3S/c1-11(17(22)19-9-14-3-2-8-23-14)25-10-15-20-16(21-24-15)12-4-6-13(18)7-5-12/h2-8,11H,9-10H2,1H3,(H,19,22). The molecule has 25 heavy (non-hydrogen) atoms. The lowest BCUT2D eigenvalue weighted by molar-refractivity contribution is -0.120. The molecule has 0 saturated heterocycles. The van der Waals surface area contributed by atoms with E-state index in [0.29, 0.717) is 35.3 Å². The molecule has 6 nitrogen and oxygen atoms in total. The van der Waals surface area contributed by atoms with Gasteiger partial charge < -0.3 is 14.3 Å². The van der Waals surface area contributed by atoms with Crippen molar-refractivity contribution < 1.29 is 18.1 Å². The molecule has 1 N–H and O–H groups in total. The Morgan fingerprint density at radius 3 is 2.84 bits per heavy atom. The number of benzene rings is 1. The fourth-order valence-corrected chi connectivity index (χ4v) is 2.78. The first kappa shape index (κ1) is 17.2. The zero-order valence-corrected chi connectivity index (χ0v) is 14.3. The van der Waals surface area contributed by atoms with Gasteiger partial charge in [0.05, 0.1) is 23.8 Å². The number of hydrogen-bond acceptors (Lipinski definition) is 6. The smallest absolute Gasteiger partial charge is 0.236 e. The monoisotopic (exact) mass is 361 g/mol. The minimum Gasteiger partial charge on any atom is -0.467 e. The lowest BCUT2D eigenvalue weighted by atomic mass is 10.2. The summed E-state index contributed by atoms with van der Waals surface area (Å²) in [5, 5.41) is 6.39. The van der Waals surface area contributed by atoms with Gasteiger partial charge in [0, 0.05) is 5.56 Å². The number of hydrogen-bond donors (Lipinski definition) is 1. The first-order valence-electron chi connectivity index (χ1n) is 7.62. The lowest BCUT2D eigenvalue weighted by Gasteiger charge is -2.09. The second kappa shape index (κ2) is 7.98. The van der Waals surface area contributed by atoms with Crippen LogP contribution in [0.5, 0.6) is 0 Å². The lowest BCUT2D eigenvalue weighted by Crippen LogP contribution is -2.30. The third-order valence-electron chi connectivity index (χ3n) is 3.41. The molecule has 0 bridgehead atoms. The van der Waals surface area contributed by atoms with E-state index in [-0.39, 0.29) is 17.0 Å². The van der Waals surface area contributed by atoms with Gasteiger partial charge in [0.25, 0.3) is 0 Å². The molecular formula is C17H16FN3O3S. The number of carbonyl (C=O) groups is 1. The summed E-state index contributed by atoms with van der Waals surface area (Å²) in [7, 11) is 0. The van der Waals surface area contributed by atoms with Gasteiger partial charge in [0.2, 0.25) is 17.6 Å². The molecule has 2 aromatic heterocycles. The topological polar surface area (TPSA) is 81.2 Å². The van der Waals surface area contributed by atoms with Crippen molar-refractivity contribution in [2.75, 3.05) is 0 Å². The Labute approximate surface area is 147 Å². The van der Waals surface area contributed by atoms with Crippen molar-refractivity contribution in [1.82, 2.24) is 15.5 Å². The Morgan fingerprint density at radius 1 is 1.32 bits per heavy atom. The molecule has 0 aliphatic rings. The van der Waals surface area contributed by atoms with Crippen LogP contribution >= 0.6 is 11.8 Å². The van der Waals surface area contributed by atoms with Crippen molar-refractivity contribution in [3.8, 4) is 11.4 Å². The number of halogens is 1. The highest BCUT2D eigenvalue weighted by Crippen LogP contribution is 2.20. The van der Waals surface area contributed by atoms with E-state index < -0.39 is 0 Å². The van der Waals surface area contributed by atoms with Gasteiger partial charge in [-0.05, 0) is 43.3 Å². The third kappa shape index (κ3) is 4.69. The molecule has 0 spiro atoms. The number of carbonyl (C=O) groups excluding carboxylic acids is 1. The van der Waals surface area contributed by atoms with Crippen LogP contribution in [0.1, 0.15) is 18.6 Å². The summed E-state index contributed by atoms with van der Waals surface area (Å²) in [6.07, 6.45) is 1.56. The summed E-state index contributed by atoms with van der Waals surface area (Å²) < 4.78 is 23.3. The summed E-state index contributed by atoms with van der Waals surface area (Å²) in [6.45, 7) is 2.16. The van der Waals surface area contributed by atoms with Gasteiger partial charge in [0.15, 0.2) is 0 Å². The minimum atomic E-state index is -0.322. The van der Waals surface area contributed by atoms with E-state index >= 15 is 0 Å². The number of thioether (sulfide) groups is 1. The predicted molar refractivity (Wildman–Crippen MR) is 91.0 cm³/mol. The largest absolute Gasteiger partial charge is 0.467 e. The van der Waals surface area contributed by atoms with E-state index in [9.17, 15) is 9.18 Å². The van der Waals surface area contributed by atoms with Crippen molar-refractivity contribution in [3.05, 3.63) is 60.1 Å². The number of amides is 1. The van der Waals surface area contributed by atoms with E-state index in [0.717, 1.165) is 0 Å². The van der Waals surface area contributed by atoms with E-state index in [4.69, 9.17) is 8.94 Å². The summed E-state index contributed by atoms with van der Waals surface area (Å²) in [5.74, 6) is 1.49. The van der Waals surface area contributed by atoms with Gasteiger partial charge >= 0.3 is 0 Å². The summed E-state index contributed by atoms with van der Waals surface area (Å²) in [6, 6.07) is 9.42. The van der Waals surface area contributed by atoms with Crippen LogP contribution in [0.2, 0.25) is 0 Å². The van der Waals surface area contributed by atoms with E-state index in [1.54, 1.807) is 37.5 Å². The van der Waals surface area contributed by atoms with Crippen LogP contribution in [0.3, 0.4) is 0 Å². The Balaban J connectivity index is 1.49. The Kier molecular flexibility index (Phi) is 5.49. The second-order valence-corrected chi connectivity index (χ2v) is 6.60. The molecule has 130 valence electrons. The van der Waals surface area contributed by atoms with E-state index in [1.807, 2.05) is 0 Å². The van der Waals surface area contributed by atoms with Gasteiger partial charge in [0.1, 0.15) is 11.6 Å². The van der Waals surface area contributed by atoms with Crippen molar-refractivity contribution in [1.29, 1.82) is 0 Å². The molecule has 2 heterocycles. The molecule has 0 radical (unpaired) electrons. The average Bonchev–Trinajstić information content (AvgIpc) is 3.30. The maximum absolute atomic E-state index is 12.9. The summed E-state index contributed by atoms with van der Waals surface area (Å²) >= 11 is 1.39. The number of nitrogens with one attached hydrogen (secondary N) is 1. The fraction of sp³-hybridized carbons (Fsp3) is 0.235. The van der Waals surface area contributed by atoms with Crippen LogP contribution in [-0.2, 0) is 17.1 Å².